The van der Waals surface area contributed by atoms with E-state index >= 15 is 0 Å². The van der Waals surface area contributed by atoms with Crippen LogP contribution in [0.15, 0.2) is 60.7 Å². The number of hydrogen-bond donors (Lipinski definition) is 0. The molecule has 9 heteroatoms. The Kier molecular flexibility index (Phi) is 8.75. The lowest BCUT2D eigenvalue weighted by molar-refractivity contribution is -0.135. The van der Waals surface area contributed by atoms with Gasteiger partial charge in [-0.2, -0.15) is 0 Å². The molecule has 9 nitrogen and oxygen atoms in total. The van der Waals surface area contributed by atoms with Gasteiger partial charge in [0.15, 0.2) is 11.5 Å². The number of para-hydroxylation sites is 2. The fourth-order valence-corrected chi connectivity index (χ4v) is 6.15. The van der Waals surface area contributed by atoms with E-state index < -0.39 is 5.92 Å². The molecule has 3 aromatic carbocycles. The van der Waals surface area contributed by atoms with Crippen molar-refractivity contribution in [1.82, 2.24) is 9.80 Å². The zero-order valence-corrected chi connectivity index (χ0v) is 25.0. The van der Waals surface area contributed by atoms with Crippen molar-refractivity contribution in [1.29, 1.82) is 0 Å². The van der Waals surface area contributed by atoms with Gasteiger partial charge < -0.3 is 33.6 Å². The molecule has 0 bridgehead atoms. The Bertz CT molecular complexity index is 1410. The second-order valence-corrected chi connectivity index (χ2v) is 10.7. The molecule has 42 heavy (non-hydrogen) atoms. The molecule has 2 saturated heterocycles. The van der Waals surface area contributed by atoms with Crippen LogP contribution in [0.4, 0.5) is 5.69 Å². The average Bonchev–Trinajstić information content (AvgIpc) is 3.49. The van der Waals surface area contributed by atoms with E-state index in [1.165, 1.54) is 0 Å². The van der Waals surface area contributed by atoms with Crippen molar-refractivity contribution in [2.75, 3.05) is 72.6 Å². The van der Waals surface area contributed by atoms with Crippen molar-refractivity contribution < 1.29 is 28.5 Å². The average molecular weight is 574 g/mol. The summed E-state index contributed by atoms with van der Waals surface area (Å²) in [5.41, 5.74) is 3.46. The molecule has 0 saturated carbocycles. The fraction of sp³-hybridized carbons (Fsp3) is 0.394. The topological polar surface area (TPSA) is 80.8 Å². The number of piperazine rings is 1. The predicted octanol–water partition coefficient (Wildman–Crippen LogP) is 4.23. The van der Waals surface area contributed by atoms with Gasteiger partial charge in [-0.25, -0.2) is 0 Å². The third-order valence-corrected chi connectivity index (χ3v) is 8.43. The van der Waals surface area contributed by atoms with Crippen molar-refractivity contribution in [2.45, 2.75) is 12.8 Å². The predicted molar refractivity (Wildman–Crippen MR) is 161 cm³/mol. The molecule has 3 aromatic rings. The number of rotatable bonds is 8. The summed E-state index contributed by atoms with van der Waals surface area (Å²) in [7, 11) is 6.39. The van der Waals surface area contributed by atoms with Crippen molar-refractivity contribution in [3.05, 3.63) is 77.4 Å². The molecule has 5 rings (SSSR count). The highest BCUT2D eigenvalue weighted by Crippen LogP contribution is 2.44. The van der Waals surface area contributed by atoms with Crippen LogP contribution in [0.2, 0.25) is 0 Å². The minimum atomic E-state index is -0.418. The molecule has 2 aliphatic rings. The number of hydrogen-bond acceptors (Lipinski definition) is 7. The zero-order chi connectivity index (χ0) is 29.8. The Morgan fingerprint density at radius 2 is 1.33 bits per heavy atom. The molecule has 2 heterocycles. The lowest BCUT2D eigenvalue weighted by Crippen LogP contribution is -2.51. The number of nitrogens with zero attached hydrogens (tertiary/aromatic N) is 3. The van der Waals surface area contributed by atoms with E-state index in [9.17, 15) is 9.59 Å². The Hall–Kier alpha value is -4.40. The Morgan fingerprint density at radius 3 is 1.95 bits per heavy atom. The minimum absolute atomic E-state index is 0.0495. The number of aryl methyl sites for hydroxylation is 1. The molecular weight excluding hydrogens is 534 g/mol. The second kappa shape index (κ2) is 12.6. The van der Waals surface area contributed by atoms with E-state index in [0.717, 1.165) is 22.6 Å². The van der Waals surface area contributed by atoms with Gasteiger partial charge in [0.05, 0.1) is 40.0 Å². The molecule has 2 amide bonds. The number of likely N-dealkylation sites (tertiary alicyclic amines) is 1. The number of methoxy groups -OCH3 is 4. The number of benzene rings is 3. The maximum absolute atomic E-state index is 14.2. The first kappa shape index (κ1) is 29.1. The Morgan fingerprint density at radius 1 is 0.714 bits per heavy atom. The van der Waals surface area contributed by atoms with E-state index in [4.69, 9.17) is 18.9 Å². The van der Waals surface area contributed by atoms with Crippen LogP contribution in [0, 0.1) is 12.8 Å². The van der Waals surface area contributed by atoms with Gasteiger partial charge in [-0.3, -0.25) is 9.59 Å². The first-order valence-electron chi connectivity index (χ1n) is 14.2. The van der Waals surface area contributed by atoms with Gasteiger partial charge in [-0.15, -0.1) is 0 Å². The standard InChI is InChI=1S/C33H39N3O6/c1-22-10-6-7-11-24(22)32(37)36-20-25(23-18-29(40-3)31(42-5)30(19-23)41-4)26(21-36)33(38)35-16-14-34(15-17-35)27-12-8-9-13-28(27)39-2/h6-13,18-19,25-26H,14-17,20-21H2,1-5H3/t25-,26+/m0/s1. The lowest BCUT2D eigenvalue weighted by Gasteiger charge is -2.38. The Labute approximate surface area is 247 Å². The third-order valence-electron chi connectivity index (χ3n) is 8.43. The largest absolute Gasteiger partial charge is 0.495 e. The van der Waals surface area contributed by atoms with E-state index in [1.54, 1.807) is 28.4 Å². The normalized spacial score (nSPS) is 18.5. The smallest absolute Gasteiger partial charge is 0.254 e. The number of carbonyl (C=O) groups excluding carboxylic acids is 2. The lowest BCUT2D eigenvalue weighted by atomic mass is 9.87. The van der Waals surface area contributed by atoms with Gasteiger partial charge in [0, 0.05) is 50.7 Å². The third kappa shape index (κ3) is 5.55. The van der Waals surface area contributed by atoms with Gasteiger partial charge >= 0.3 is 0 Å². The molecule has 0 unspecified atom stereocenters. The molecule has 0 aromatic heterocycles. The summed E-state index contributed by atoms with van der Waals surface area (Å²) in [5.74, 6) is 1.67. The van der Waals surface area contributed by atoms with Crippen LogP contribution in [-0.4, -0.2) is 89.3 Å². The minimum Gasteiger partial charge on any atom is -0.495 e. The zero-order valence-electron chi connectivity index (χ0n) is 25.0. The van der Waals surface area contributed by atoms with Gasteiger partial charge in [0.1, 0.15) is 5.75 Å². The summed E-state index contributed by atoms with van der Waals surface area (Å²) in [5, 5.41) is 0. The highest BCUT2D eigenvalue weighted by atomic mass is 16.5. The van der Waals surface area contributed by atoms with Crippen molar-refractivity contribution in [2.24, 2.45) is 5.92 Å². The second-order valence-electron chi connectivity index (χ2n) is 10.7. The van der Waals surface area contributed by atoms with E-state index in [2.05, 4.69) is 4.90 Å². The van der Waals surface area contributed by atoms with Gasteiger partial charge in [-0.1, -0.05) is 30.3 Å². The van der Waals surface area contributed by atoms with Crippen LogP contribution in [0.25, 0.3) is 0 Å². The highest BCUT2D eigenvalue weighted by molar-refractivity contribution is 5.96. The Balaban J connectivity index is 1.43. The van der Waals surface area contributed by atoms with Crippen LogP contribution in [0.3, 0.4) is 0 Å². The molecule has 222 valence electrons. The van der Waals surface area contributed by atoms with Crippen molar-refractivity contribution in [3.8, 4) is 23.0 Å². The van der Waals surface area contributed by atoms with Crippen LogP contribution < -0.4 is 23.8 Å². The molecular formula is C33H39N3O6. The van der Waals surface area contributed by atoms with Crippen LogP contribution >= 0.6 is 0 Å². The van der Waals surface area contributed by atoms with E-state index in [0.29, 0.717) is 62.1 Å². The molecule has 0 spiro atoms. The number of ether oxygens (including phenoxy) is 4. The summed E-state index contributed by atoms with van der Waals surface area (Å²) in [6, 6.07) is 19.3. The van der Waals surface area contributed by atoms with Gasteiger partial charge in [0.25, 0.3) is 5.91 Å². The van der Waals surface area contributed by atoms with Crippen LogP contribution in [0.5, 0.6) is 23.0 Å². The number of carbonyl (C=O) groups is 2. The maximum atomic E-state index is 14.2. The molecule has 2 aliphatic heterocycles. The summed E-state index contributed by atoms with van der Waals surface area (Å²) in [6.07, 6.45) is 0. The van der Waals surface area contributed by atoms with Gasteiger partial charge in [0.2, 0.25) is 11.7 Å². The van der Waals surface area contributed by atoms with E-state index in [1.807, 2.05) is 77.4 Å². The monoisotopic (exact) mass is 573 g/mol. The molecule has 0 N–H and O–H groups in total. The molecule has 0 aliphatic carbocycles. The summed E-state index contributed by atoms with van der Waals surface area (Å²) in [6.45, 7) is 5.23. The molecule has 2 fully saturated rings. The van der Waals surface area contributed by atoms with Gasteiger partial charge in [-0.05, 0) is 48.4 Å². The molecule has 0 radical (unpaired) electrons. The number of amides is 2. The van der Waals surface area contributed by atoms with Crippen LogP contribution in [-0.2, 0) is 4.79 Å². The summed E-state index contributed by atoms with van der Waals surface area (Å²) in [4.78, 5) is 33.9. The van der Waals surface area contributed by atoms with Crippen LogP contribution in [0.1, 0.15) is 27.4 Å². The maximum Gasteiger partial charge on any atom is 0.254 e. The van der Waals surface area contributed by atoms with Crippen molar-refractivity contribution >= 4 is 17.5 Å². The number of anilines is 1. The summed E-state index contributed by atoms with van der Waals surface area (Å²) >= 11 is 0. The van der Waals surface area contributed by atoms with Crippen molar-refractivity contribution in [3.63, 3.8) is 0 Å². The highest BCUT2D eigenvalue weighted by Gasteiger charge is 2.43. The first-order chi connectivity index (χ1) is 20.4. The first-order valence-corrected chi connectivity index (χ1v) is 14.2. The fourth-order valence-electron chi connectivity index (χ4n) is 6.15. The van der Waals surface area contributed by atoms with E-state index in [-0.39, 0.29) is 17.7 Å². The summed E-state index contributed by atoms with van der Waals surface area (Å²) < 4.78 is 22.3. The quantitative estimate of drug-likeness (QED) is 0.399. The molecule has 2 atom stereocenters. The SMILES string of the molecule is COc1ccccc1N1CCN(C(=O)[C@@H]2CN(C(=O)c3ccccc3C)C[C@H]2c2cc(OC)c(OC)c(OC)c2)CC1.